The Labute approximate surface area is 232 Å². The second kappa shape index (κ2) is 9.87. The van der Waals surface area contributed by atoms with Gasteiger partial charge in [-0.3, -0.25) is 0 Å². The van der Waals surface area contributed by atoms with Crippen LogP contribution in [0.3, 0.4) is 0 Å². The zero-order chi connectivity index (χ0) is 27.5. The molecular weight excluding hydrogens is 567 g/mol. The van der Waals surface area contributed by atoms with Crippen LogP contribution in [0.5, 0.6) is 0 Å². The molecule has 8 atom stereocenters. The number of carbonyl (C=O) groups excluding carboxylic acids is 1. The summed E-state index contributed by atoms with van der Waals surface area (Å²) in [4.78, 5) is 11.5. The Morgan fingerprint density at radius 1 is 1.08 bits per heavy atom. The summed E-state index contributed by atoms with van der Waals surface area (Å²) in [5.41, 5.74) is -0.782. The van der Waals surface area contributed by atoms with E-state index in [0.717, 1.165) is 38.4 Å². The van der Waals surface area contributed by atoms with Crippen molar-refractivity contribution >= 4 is 28.9 Å². The second-order valence-electron chi connectivity index (χ2n) is 15.0. The van der Waals surface area contributed by atoms with E-state index in [-0.39, 0.29) is 31.5 Å². The van der Waals surface area contributed by atoms with Crippen LogP contribution in [0.15, 0.2) is 11.6 Å². The van der Waals surface area contributed by atoms with Crippen LogP contribution < -0.4 is 0 Å². The number of alkyl halides is 1. The second-order valence-corrected chi connectivity index (χ2v) is 16.2. The van der Waals surface area contributed by atoms with Crippen LogP contribution in [0.4, 0.5) is 0 Å². The molecule has 4 N–H and O–H groups in total. The van der Waals surface area contributed by atoms with E-state index in [1.54, 1.807) is 13.8 Å². The van der Waals surface area contributed by atoms with Gasteiger partial charge >= 0.3 is 0 Å². The van der Waals surface area contributed by atoms with Gasteiger partial charge in [-0.05, 0) is 72.5 Å². The number of aliphatic hydroxyl groups excluding tert-OH is 3. The molecule has 3 aliphatic carbocycles. The van der Waals surface area contributed by atoms with Crippen LogP contribution in [0.1, 0.15) is 107 Å². The maximum Gasteiger partial charge on any atom is 0.160 e. The topological polar surface area (TPSA) is 98.0 Å². The molecule has 6 heteroatoms. The number of aldehydes is 1. The third-order valence-corrected chi connectivity index (χ3v) is 12.9. The Balaban J connectivity index is 2.01. The third-order valence-electron chi connectivity index (χ3n) is 11.0. The summed E-state index contributed by atoms with van der Waals surface area (Å²) in [7, 11) is 0. The molecular formula is C30H51IO5. The lowest BCUT2D eigenvalue weighted by molar-refractivity contribution is -0.202. The van der Waals surface area contributed by atoms with Gasteiger partial charge in [0.1, 0.15) is 6.29 Å². The van der Waals surface area contributed by atoms with E-state index in [0.29, 0.717) is 19.3 Å². The molecule has 5 nitrogen and oxygen atoms in total. The summed E-state index contributed by atoms with van der Waals surface area (Å²) >= 11 is 2.39. The molecule has 0 heterocycles. The van der Waals surface area contributed by atoms with E-state index in [2.05, 4.69) is 70.2 Å². The first-order valence-corrected chi connectivity index (χ1v) is 15.1. The molecule has 0 amide bonds. The van der Waals surface area contributed by atoms with Crippen molar-refractivity contribution in [2.45, 2.75) is 129 Å². The first-order valence-electron chi connectivity index (χ1n) is 13.9. The molecule has 0 spiro atoms. The third kappa shape index (κ3) is 4.77. The fraction of sp³-hybridized carbons (Fsp3) is 0.900. The number of halogens is 1. The minimum absolute atomic E-state index is 0.0252. The van der Waals surface area contributed by atoms with Gasteiger partial charge < -0.3 is 25.2 Å². The Hall–Kier alpha value is -0.0200. The van der Waals surface area contributed by atoms with Crippen LogP contribution in [0, 0.1) is 38.4 Å². The maximum absolute atomic E-state index is 11.7. The lowest BCUT2D eigenvalue weighted by atomic mass is 9.46. The lowest BCUT2D eigenvalue weighted by Crippen LogP contribution is -2.61. The zero-order valence-corrected chi connectivity index (χ0v) is 25.9. The van der Waals surface area contributed by atoms with Gasteiger partial charge in [0.15, 0.2) is 6.29 Å². The molecule has 3 rings (SSSR count). The quantitative estimate of drug-likeness (QED) is 0.0907. The number of fused-ring (bicyclic) bond motifs is 3. The van der Waals surface area contributed by atoms with E-state index in [4.69, 9.17) is 0 Å². The first kappa shape index (κ1) is 30.5. The van der Waals surface area contributed by atoms with Gasteiger partial charge in [0.05, 0.1) is 17.6 Å². The molecule has 0 aromatic heterocycles. The van der Waals surface area contributed by atoms with Gasteiger partial charge in [0.2, 0.25) is 0 Å². The van der Waals surface area contributed by atoms with E-state index in [1.165, 1.54) is 5.57 Å². The summed E-state index contributed by atoms with van der Waals surface area (Å²) in [6.45, 7) is 17.1. The van der Waals surface area contributed by atoms with Crippen molar-refractivity contribution in [3.05, 3.63) is 11.6 Å². The SMILES string of the molecule is CC(C)(C)CC[C@]1(C(O)O)C(O)CC2(C)C(=CC3C(C)(CCC(O)C(C)(C)C=O)CCCC32C)C1I. The van der Waals surface area contributed by atoms with Crippen LogP contribution >= 0.6 is 22.6 Å². The number of aliphatic hydroxyl groups is 4. The highest BCUT2D eigenvalue weighted by atomic mass is 127. The van der Waals surface area contributed by atoms with E-state index < -0.39 is 29.3 Å². The average Bonchev–Trinajstić information content (AvgIpc) is 2.99. The van der Waals surface area contributed by atoms with E-state index >= 15 is 0 Å². The molecule has 208 valence electrons. The van der Waals surface area contributed by atoms with Crippen molar-refractivity contribution < 1.29 is 25.2 Å². The highest BCUT2D eigenvalue weighted by Crippen LogP contribution is 2.73. The lowest BCUT2D eigenvalue weighted by Gasteiger charge is -2.60. The van der Waals surface area contributed by atoms with Gasteiger partial charge in [-0.2, -0.15) is 0 Å². The summed E-state index contributed by atoms with van der Waals surface area (Å²) < 4.78 is -0.183. The normalized spacial score (nSPS) is 42.1. The molecule has 3 aliphatic rings. The average molecular weight is 619 g/mol. The Bertz CT molecular complexity index is 862. The molecule has 7 unspecified atom stereocenters. The molecule has 0 aromatic carbocycles. The Morgan fingerprint density at radius 3 is 2.22 bits per heavy atom. The molecule has 0 aliphatic heterocycles. The van der Waals surface area contributed by atoms with Crippen LogP contribution in [0.2, 0.25) is 0 Å². The van der Waals surface area contributed by atoms with E-state index in [9.17, 15) is 25.2 Å². The summed E-state index contributed by atoms with van der Waals surface area (Å²) in [5.74, 6) is 0.268. The predicted octanol–water partition coefficient (Wildman–Crippen LogP) is 5.80. The smallest absolute Gasteiger partial charge is 0.160 e. The van der Waals surface area contributed by atoms with E-state index in [1.807, 2.05) is 0 Å². The molecule has 0 bridgehead atoms. The van der Waals surface area contributed by atoms with Gasteiger partial charge in [0, 0.05) is 9.34 Å². The monoisotopic (exact) mass is 618 g/mol. The van der Waals surface area contributed by atoms with Crippen LogP contribution in [0.25, 0.3) is 0 Å². The zero-order valence-electron chi connectivity index (χ0n) is 23.8. The van der Waals surface area contributed by atoms with Gasteiger partial charge in [0.25, 0.3) is 0 Å². The van der Waals surface area contributed by atoms with Crippen LogP contribution in [-0.2, 0) is 4.79 Å². The standard InChI is InChI=1S/C30H51IO5/c1-25(2,3)14-15-30(24(35)36)22(34)17-29(8)19(23(30)31)16-20-27(6,11-9-12-28(20,29)7)13-10-21(33)26(4,5)18-32/h16,18,20-24,33-36H,9-15,17H2,1-8H3/t20?,21?,22?,23?,27?,28?,29?,30-/m0/s1. The number of carbonyl (C=O) groups is 1. The minimum atomic E-state index is -1.59. The van der Waals surface area contributed by atoms with Crippen molar-refractivity contribution in [1.82, 2.24) is 0 Å². The van der Waals surface area contributed by atoms with Crippen molar-refractivity contribution in [1.29, 1.82) is 0 Å². The fourth-order valence-electron chi connectivity index (χ4n) is 7.90. The predicted molar refractivity (Wildman–Crippen MR) is 153 cm³/mol. The Kier molecular flexibility index (Phi) is 8.37. The van der Waals surface area contributed by atoms with Crippen molar-refractivity contribution in [2.24, 2.45) is 38.4 Å². The van der Waals surface area contributed by atoms with Gasteiger partial charge in [-0.1, -0.05) is 96.1 Å². The van der Waals surface area contributed by atoms with Crippen molar-refractivity contribution in [3.63, 3.8) is 0 Å². The molecule has 0 radical (unpaired) electrons. The number of allylic oxidation sites excluding steroid dienone is 2. The molecule has 0 saturated heterocycles. The van der Waals surface area contributed by atoms with Gasteiger partial charge in [-0.25, -0.2) is 0 Å². The number of rotatable bonds is 8. The van der Waals surface area contributed by atoms with Crippen LogP contribution in [-0.4, -0.2) is 49.1 Å². The summed E-state index contributed by atoms with van der Waals surface area (Å²) in [6.07, 6.45) is 6.74. The number of hydrogen-bond donors (Lipinski definition) is 4. The highest BCUT2D eigenvalue weighted by Gasteiger charge is 2.68. The van der Waals surface area contributed by atoms with Gasteiger partial charge in [-0.15, -0.1) is 0 Å². The first-order chi connectivity index (χ1) is 16.3. The minimum Gasteiger partial charge on any atom is -0.392 e. The van der Waals surface area contributed by atoms with Crippen molar-refractivity contribution in [3.8, 4) is 0 Å². The molecule has 0 aromatic rings. The number of hydrogen-bond acceptors (Lipinski definition) is 5. The Morgan fingerprint density at radius 2 is 1.69 bits per heavy atom. The largest absolute Gasteiger partial charge is 0.392 e. The summed E-state index contributed by atoms with van der Waals surface area (Å²) in [6, 6.07) is 0. The fourth-order valence-corrected chi connectivity index (χ4v) is 9.84. The summed E-state index contributed by atoms with van der Waals surface area (Å²) in [5, 5.41) is 44.0. The van der Waals surface area contributed by atoms with Crippen molar-refractivity contribution in [2.75, 3.05) is 0 Å². The molecule has 2 saturated carbocycles. The molecule has 2 fully saturated rings. The highest BCUT2D eigenvalue weighted by molar-refractivity contribution is 14.1. The molecule has 36 heavy (non-hydrogen) atoms. The maximum atomic E-state index is 11.7.